The van der Waals surface area contributed by atoms with E-state index in [0.717, 1.165) is 22.0 Å². The Morgan fingerprint density at radius 1 is 1.00 bits per heavy atom. The van der Waals surface area contributed by atoms with Gasteiger partial charge in [0.15, 0.2) is 0 Å². The number of hydrogen-bond acceptors (Lipinski definition) is 2. The molecule has 6 nitrogen and oxygen atoms in total. The van der Waals surface area contributed by atoms with Gasteiger partial charge in [0, 0.05) is 34.7 Å². The summed E-state index contributed by atoms with van der Waals surface area (Å²) in [5.74, 6) is -0.562. The molecule has 1 amide bonds. The zero-order chi connectivity index (χ0) is 20.8. The lowest BCUT2D eigenvalue weighted by atomic mass is 10.2. The second-order valence-electron chi connectivity index (χ2n) is 7.14. The van der Waals surface area contributed by atoms with Crippen LogP contribution in [0.3, 0.4) is 0 Å². The third-order valence-corrected chi connectivity index (χ3v) is 5.47. The molecule has 2 aromatic carbocycles. The summed E-state index contributed by atoms with van der Waals surface area (Å²) >= 11 is 6.12. The Labute approximate surface area is 176 Å². The Morgan fingerprint density at radius 3 is 2.67 bits per heavy atom. The van der Waals surface area contributed by atoms with Crippen molar-refractivity contribution in [3.05, 3.63) is 99.6 Å². The van der Waals surface area contributed by atoms with Gasteiger partial charge in [-0.15, -0.1) is 0 Å². The average molecular weight is 417 g/mol. The Balaban J connectivity index is 1.76. The predicted molar refractivity (Wildman–Crippen MR) is 118 cm³/mol. The lowest BCUT2D eigenvalue weighted by molar-refractivity contribution is 0.0992. The van der Waals surface area contributed by atoms with Gasteiger partial charge >= 0.3 is 0 Å². The fourth-order valence-electron chi connectivity index (χ4n) is 3.89. The number of fused-ring (bicyclic) bond motifs is 2. The molecule has 0 fully saturated rings. The van der Waals surface area contributed by atoms with Crippen LogP contribution < -0.4 is 11.3 Å². The van der Waals surface area contributed by atoms with Gasteiger partial charge < -0.3 is 15.3 Å². The zero-order valence-electron chi connectivity index (χ0n) is 15.8. The van der Waals surface area contributed by atoms with E-state index < -0.39 is 5.91 Å². The molecule has 0 radical (unpaired) electrons. The van der Waals surface area contributed by atoms with Crippen molar-refractivity contribution in [2.24, 2.45) is 5.73 Å². The lowest BCUT2D eigenvalue weighted by Crippen LogP contribution is -2.18. The first-order valence-corrected chi connectivity index (χ1v) is 9.76. The molecule has 0 atom stereocenters. The van der Waals surface area contributed by atoms with Crippen LogP contribution in [-0.4, -0.2) is 20.0 Å². The third-order valence-electron chi connectivity index (χ3n) is 5.24. The van der Waals surface area contributed by atoms with Gasteiger partial charge in [-0.3, -0.25) is 14.2 Å². The maximum absolute atomic E-state index is 12.8. The highest BCUT2D eigenvalue weighted by molar-refractivity contribution is 6.30. The first-order chi connectivity index (χ1) is 14.5. The van der Waals surface area contributed by atoms with E-state index in [0.29, 0.717) is 28.5 Å². The molecule has 3 aromatic heterocycles. The van der Waals surface area contributed by atoms with Crippen LogP contribution in [0.25, 0.3) is 27.6 Å². The molecule has 0 saturated carbocycles. The number of primary amides is 1. The standard InChI is InChI=1S/C23H17ClN4O2/c24-16-3-1-2-14(10-16)13-27-19-6-7-22(29)28(20(19)12-21(27)23(25)30)17-4-5-18-15(11-17)8-9-26-18/h1-12,26H,13H2,(H2,25,30). The van der Waals surface area contributed by atoms with Crippen LogP contribution in [0, 0.1) is 0 Å². The number of rotatable bonds is 4. The summed E-state index contributed by atoms with van der Waals surface area (Å²) in [6.07, 6.45) is 1.85. The number of pyridine rings is 1. The molecule has 0 saturated heterocycles. The van der Waals surface area contributed by atoms with Crippen LogP contribution >= 0.6 is 11.6 Å². The number of hydrogen-bond donors (Lipinski definition) is 2. The van der Waals surface area contributed by atoms with Crippen molar-refractivity contribution >= 4 is 39.4 Å². The highest BCUT2D eigenvalue weighted by Gasteiger charge is 2.18. The number of halogens is 1. The number of aromatic nitrogens is 3. The van der Waals surface area contributed by atoms with Gasteiger partial charge in [0.25, 0.3) is 11.5 Å². The first kappa shape index (κ1) is 18.3. The van der Waals surface area contributed by atoms with Crippen LogP contribution in [0.4, 0.5) is 0 Å². The van der Waals surface area contributed by atoms with Crippen LogP contribution in [0.15, 0.2) is 77.7 Å². The quantitative estimate of drug-likeness (QED) is 0.462. The van der Waals surface area contributed by atoms with Crippen LogP contribution in [0.2, 0.25) is 5.02 Å². The molecule has 30 heavy (non-hydrogen) atoms. The fraction of sp³-hybridized carbons (Fsp3) is 0.0435. The average Bonchev–Trinajstić information content (AvgIpc) is 3.32. The monoisotopic (exact) mass is 416 g/mol. The van der Waals surface area contributed by atoms with E-state index in [2.05, 4.69) is 4.98 Å². The second kappa shape index (κ2) is 6.93. The minimum atomic E-state index is -0.562. The molecule has 5 aromatic rings. The van der Waals surface area contributed by atoms with Crippen molar-refractivity contribution in [3.8, 4) is 5.69 Å². The van der Waals surface area contributed by atoms with Gasteiger partial charge in [0.05, 0.1) is 16.7 Å². The molecule has 0 aliphatic rings. The van der Waals surface area contributed by atoms with Gasteiger partial charge in [-0.1, -0.05) is 23.7 Å². The number of nitrogens with one attached hydrogen (secondary N) is 1. The molecule has 3 N–H and O–H groups in total. The summed E-state index contributed by atoms with van der Waals surface area (Å²) in [4.78, 5) is 28.2. The topological polar surface area (TPSA) is 85.8 Å². The first-order valence-electron chi connectivity index (χ1n) is 9.38. The third kappa shape index (κ3) is 2.98. The van der Waals surface area contributed by atoms with E-state index in [1.54, 1.807) is 22.8 Å². The number of benzene rings is 2. The minimum Gasteiger partial charge on any atom is -0.364 e. The van der Waals surface area contributed by atoms with Gasteiger partial charge in [-0.25, -0.2) is 0 Å². The maximum atomic E-state index is 12.8. The maximum Gasteiger partial charge on any atom is 0.265 e. The number of amides is 1. The van der Waals surface area contributed by atoms with Crippen LogP contribution in [-0.2, 0) is 6.54 Å². The minimum absolute atomic E-state index is 0.187. The van der Waals surface area contributed by atoms with Crippen molar-refractivity contribution in [3.63, 3.8) is 0 Å². The molecule has 148 valence electrons. The highest BCUT2D eigenvalue weighted by atomic mass is 35.5. The SMILES string of the molecule is NC(=O)c1cc2c(ccc(=O)n2-c2ccc3[nH]ccc3c2)n1Cc1cccc(Cl)c1. The van der Waals surface area contributed by atoms with Crippen molar-refractivity contribution in [2.75, 3.05) is 0 Å². The fourth-order valence-corrected chi connectivity index (χ4v) is 4.10. The van der Waals surface area contributed by atoms with Crippen LogP contribution in [0.1, 0.15) is 16.1 Å². The van der Waals surface area contributed by atoms with Gasteiger partial charge in [0.1, 0.15) is 5.69 Å². The van der Waals surface area contributed by atoms with Crippen molar-refractivity contribution in [1.29, 1.82) is 0 Å². The van der Waals surface area contributed by atoms with E-state index in [1.807, 2.05) is 53.2 Å². The number of carbonyl (C=O) groups is 1. The van der Waals surface area contributed by atoms with E-state index >= 15 is 0 Å². The summed E-state index contributed by atoms with van der Waals surface area (Å²) in [7, 11) is 0. The van der Waals surface area contributed by atoms with Gasteiger partial charge in [-0.05, 0) is 54.1 Å². The van der Waals surface area contributed by atoms with Crippen LogP contribution in [0.5, 0.6) is 0 Å². The normalized spacial score (nSPS) is 11.4. The zero-order valence-corrected chi connectivity index (χ0v) is 16.6. The van der Waals surface area contributed by atoms with E-state index in [4.69, 9.17) is 17.3 Å². The predicted octanol–water partition coefficient (Wildman–Crippen LogP) is 4.07. The Bertz CT molecular complexity index is 1490. The molecule has 3 heterocycles. The summed E-state index contributed by atoms with van der Waals surface area (Å²) in [6.45, 7) is 0.400. The second-order valence-corrected chi connectivity index (χ2v) is 7.57. The molecule has 0 aliphatic carbocycles. The molecule has 5 rings (SSSR count). The lowest BCUT2D eigenvalue weighted by Gasteiger charge is -2.11. The molecule has 0 unspecified atom stereocenters. The van der Waals surface area contributed by atoms with E-state index in [9.17, 15) is 9.59 Å². The molecule has 0 aliphatic heterocycles. The Kier molecular flexibility index (Phi) is 4.22. The summed E-state index contributed by atoms with van der Waals surface area (Å²) in [5.41, 5.74) is 9.79. The molecular formula is C23H17ClN4O2. The van der Waals surface area contributed by atoms with Crippen molar-refractivity contribution in [1.82, 2.24) is 14.1 Å². The van der Waals surface area contributed by atoms with Gasteiger partial charge in [0.2, 0.25) is 0 Å². The van der Waals surface area contributed by atoms with Gasteiger partial charge in [-0.2, -0.15) is 0 Å². The number of nitrogens with two attached hydrogens (primary N) is 1. The van der Waals surface area contributed by atoms with Crippen molar-refractivity contribution in [2.45, 2.75) is 6.54 Å². The Hall–Kier alpha value is -3.77. The van der Waals surface area contributed by atoms with Crippen molar-refractivity contribution < 1.29 is 4.79 Å². The number of aromatic amines is 1. The largest absolute Gasteiger partial charge is 0.364 e. The van der Waals surface area contributed by atoms with E-state index in [-0.39, 0.29) is 5.56 Å². The summed E-state index contributed by atoms with van der Waals surface area (Å²) in [6, 6.07) is 20.0. The molecule has 0 spiro atoms. The Morgan fingerprint density at radius 2 is 1.87 bits per heavy atom. The number of carbonyl (C=O) groups excluding carboxylic acids is 1. The summed E-state index contributed by atoms with van der Waals surface area (Å²) < 4.78 is 3.41. The number of nitrogens with zero attached hydrogens (tertiary/aromatic N) is 2. The molecular weight excluding hydrogens is 400 g/mol. The highest BCUT2D eigenvalue weighted by Crippen LogP contribution is 2.25. The molecule has 0 bridgehead atoms. The number of H-pyrrole nitrogens is 1. The molecule has 7 heteroatoms. The smallest absolute Gasteiger partial charge is 0.265 e. The van der Waals surface area contributed by atoms with E-state index in [1.165, 1.54) is 6.07 Å². The summed E-state index contributed by atoms with van der Waals surface area (Å²) in [5, 5.41) is 1.60.